The zero-order valence-corrected chi connectivity index (χ0v) is 9.35. The van der Waals surface area contributed by atoms with Crippen LogP contribution in [0.25, 0.3) is 0 Å². The number of carbonyl (C=O) groups excluding carboxylic acids is 1. The highest BCUT2D eigenvalue weighted by atomic mass is 79.9. The van der Waals surface area contributed by atoms with Gasteiger partial charge in [0.25, 0.3) is 0 Å². The van der Waals surface area contributed by atoms with Crippen molar-refractivity contribution in [2.75, 3.05) is 7.11 Å². The van der Waals surface area contributed by atoms with Gasteiger partial charge in [0, 0.05) is 10.9 Å². The normalized spacial score (nSPS) is 27.7. The summed E-state index contributed by atoms with van der Waals surface area (Å²) < 4.78 is 5.23. The Bertz CT molecular complexity index is 297. The molecule has 0 spiro atoms. The predicted octanol–water partition coefficient (Wildman–Crippen LogP) is 1.66. The van der Waals surface area contributed by atoms with E-state index < -0.39 is 11.0 Å². The van der Waals surface area contributed by atoms with E-state index in [0.29, 0.717) is 16.5 Å². The second-order valence-corrected chi connectivity index (χ2v) is 4.41. The fourth-order valence-corrected chi connectivity index (χ4v) is 2.11. The minimum absolute atomic E-state index is 0.384. The van der Waals surface area contributed by atoms with Crippen LogP contribution in [0.3, 0.4) is 0 Å². The molecule has 13 heavy (non-hydrogen) atoms. The Kier molecular flexibility index (Phi) is 3.16. The number of esters is 1. The Morgan fingerprint density at radius 2 is 2.46 bits per heavy atom. The van der Waals surface area contributed by atoms with Crippen molar-refractivity contribution in [3.63, 3.8) is 0 Å². The molecule has 3 nitrogen and oxygen atoms in total. The summed E-state index contributed by atoms with van der Waals surface area (Å²) in [6.07, 6.45) is 3.52. The first-order valence-corrected chi connectivity index (χ1v) is 4.77. The molecule has 1 unspecified atom stereocenters. The van der Waals surface area contributed by atoms with Gasteiger partial charge in [-0.3, -0.25) is 0 Å². The number of methoxy groups -OCH3 is 1. The van der Waals surface area contributed by atoms with Gasteiger partial charge in [0.15, 0.2) is 0 Å². The largest absolute Gasteiger partial charge is 0.465 e. The first-order chi connectivity index (χ1) is 5.96. The molecule has 0 aromatic carbocycles. The molecule has 0 radical (unpaired) electrons. The maximum Gasteiger partial charge on any atom is 0.338 e. The summed E-state index contributed by atoms with van der Waals surface area (Å²) >= 11 is 9.09. The third-order valence-electron chi connectivity index (χ3n) is 1.65. The number of carbonyl (C=O) groups is 1. The zero-order chi connectivity index (χ0) is 10.1. The third-order valence-corrected chi connectivity index (χ3v) is 2.62. The summed E-state index contributed by atoms with van der Waals surface area (Å²) in [4.78, 5) is 10.2. The molecule has 1 rings (SSSR count). The minimum atomic E-state index is -0.906. The number of alkyl halides is 1. The first kappa shape index (κ1) is 10.8. The lowest BCUT2D eigenvalue weighted by Crippen LogP contribution is -2.32. The summed E-state index contributed by atoms with van der Waals surface area (Å²) in [7, 11) is 1.33. The molecule has 1 aliphatic rings. The van der Waals surface area contributed by atoms with Crippen molar-refractivity contribution in [1.82, 2.24) is 0 Å². The Hall–Kier alpha value is -0.320. The molecule has 5 heteroatoms. The standard InChI is InChI=1S/C8H9BrClNO2/c1-13-7(12)5-2-3-8(10,11)4-6(5)9/h2-3H,4,11H2,1H3. The minimum Gasteiger partial charge on any atom is -0.465 e. The van der Waals surface area contributed by atoms with Crippen molar-refractivity contribution in [3.05, 3.63) is 22.2 Å². The van der Waals surface area contributed by atoms with E-state index in [1.165, 1.54) is 7.11 Å². The van der Waals surface area contributed by atoms with E-state index in [2.05, 4.69) is 20.7 Å². The van der Waals surface area contributed by atoms with Crippen LogP contribution in [0, 0.1) is 0 Å². The van der Waals surface area contributed by atoms with Crippen LogP contribution in [-0.2, 0) is 9.53 Å². The van der Waals surface area contributed by atoms with Crippen LogP contribution in [0.4, 0.5) is 0 Å². The van der Waals surface area contributed by atoms with Crippen LogP contribution in [0.5, 0.6) is 0 Å². The number of halogens is 2. The quantitative estimate of drug-likeness (QED) is 0.446. The van der Waals surface area contributed by atoms with Gasteiger partial charge in [-0.2, -0.15) is 0 Å². The molecule has 0 aromatic heterocycles. The van der Waals surface area contributed by atoms with Crippen molar-refractivity contribution in [2.45, 2.75) is 11.4 Å². The fraction of sp³-hybridized carbons (Fsp3) is 0.375. The summed E-state index contributed by atoms with van der Waals surface area (Å²) in [6, 6.07) is 0. The van der Waals surface area contributed by atoms with Crippen molar-refractivity contribution in [1.29, 1.82) is 0 Å². The highest BCUT2D eigenvalue weighted by molar-refractivity contribution is 9.11. The fourth-order valence-electron chi connectivity index (χ4n) is 0.993. The van der Waals surface area contributed by atoms with Gasteiger partial charge in [-0.25, -0.2) is 4.79 Å². The molecule has 1 aliphatic carbocycles. The lowest BCUT2D eigenvalue weighted by atomic mass is 10.0. The molecule has 0 fully saturated rings. The smallest absolute Gasteiger partial charge is 0.338 e. The van der Waals surface area contributed by atoms with Crippen molar-refractivity contribution < 1.29 is 9.53 Å². The van der Waals surface area contributed by atoms with E-state index in [4.69, 9.17) is 17.3 Å². The molecule has 0 saturated heterocycles. The van der Waals surface area contributed by atoms with Gasteiger partial charge in [-0.15, -0.1) is 0 Å². The molecule has 0 saturated carbocycles. The Morgan fingerprint density at radius 1 is 1.85 bits per heavy atom. The average molecular weight is 267 g/mol. The lowest BCUT2D eigenvalue weighted by molar-refractivity contribution is -0.135. The van der Waals surface area contributed by atoms with Gasteiger partial charge in [0.1, 0.15) is 5.00 Å². The van der Waals surface area contributed by atoms with Crippen LogP contribution in [0.1, 0.15) is 6.42 Å². The highest BCUT2D eigenvalue weighted by Gasteiger charge is 2.26. The molecule has 0 heterocycles. The van der Waals surface area contributed by atoms with Crippen LogP contribution >= 0.6 is 27.5 Å². The van der Waals surface area contributed by atoms with E-state index in [0.717, 1.165) is 0 Å². The summed E-state index contributed by atoms with van der Waals surface area (Å²) in [5, 5.41) is 0. The van der Waals surface area contributed by atoms with E-state index in [9.17, 15) is 4.79 Å². The summed E-state index contributed by atoms with van der Waals surface area (Å²) in [6.45, 7) is 0. The molecular weight excluding hydrogens is 257 g/mol. The van der Waals surface area contributed by atoms with Crippen molar-refractivity contribution >= 4 is 33.5 Å². The number of hydrogen-bond donors (Lipinski definition) is 1. The van der Waals surface area contributed by atoms with Crippen LogP contribution < -0.4 is 5.73 Å². The van der Waals surface area contributed by atoms with E-state index in [1.807, 2.05) is 0 Å². The Morgan fingerprint density at radius 3 is 2.92 bits per heavy atom. The zero-order valence-electron chi connectivity index (χ0n) is 7.01. The van der Waals surface area contributed by atoms with Crippen LogP contribution in [-0.4, -0.2) is 18.1 Å². The van der Waals surface area contributed by atoms with Gasteiger partial charge in [-0.05, 0) is 12.2 Å². The number of hydrogen-bond acceptors (Lipinski definition) is 3. The lowest BCUT2D eigenvalue weighted by Gasteiger charge is -2.22. The second kappa shape index (κ2) is 3.82. The van der Waals surface area contributed by atoms with Gasteiger partial charge in [0.05, 0.1) is 12.7 Å². The molecule has 72 valence electrons. The van der Waals surface area contributed by atoms with Crippen LogP contribution in [0.2, 0.25) is 0 Å². The maximum absolute atomic E-state index is 11.1. The third kappa shape index (κ3) is 2.56. The number of ether oxygens (including phenoxy) is 1. The maximum atomic E-state index is 11.1. The number of rotatable bonds is 1. The summed E-state index contributed by atoms with van der Waals surface area (Å²) in [5.74, 6) is -0.393. The second-order valence-electron chi connectivity index (χ2n) is 2.75. The van der Waals surface area contributed by atoms with E-state index in [1.54, 1.807) is 12.2 Å². The van der Waals surface area contributed by atoms with E-state index >= 15 is 0 Å². The Labute approximate surface area is 89.7 Å². The molecule has 0 amide bonds. The van der Waals surface area contributed by atoms with Crippen molar-refractivity contribution in [3.8, 4) is 0 Å². The molecule has 0 aliphatic heterocycles. The molecule has 0 aromatic rings. The summed E-state index contributed by atoms with van der Waals surface area (Å²) in [5.41, 5.74) is 6.10. The van der Waals surface area contributed by atoms with Crippen molar-refractivity contribution in [2.24, 2.45) is 5.73 Å². The SMILES string of the molecule is COC(=O)C1=C(Br)CC(N)(Cl)C=C1. The van der Waals surface area contributed by atoms with Gasteiger partial charge in [0.2, 0.25) is 0 Å². The molecule has 0 bridgehead atoms. The van der Waals surface area contributed by atoms with Gasteiger partial charge < -0.3 is 10.5 Å². The van der Waals surface area contributed by atoms with Gasteiger partial charge >= 0.3 is 5.97 Å². The van der Waals surface area contributed by atoms with E-state index in [-0.39, 0.29) is 0 Å². The predicted molar refractivity (Wildman–Crippen MR) is 54.5 cm³/mol. The molecule has 1 atom stereocenters. The molecular formula is C8H9BrClNO2. The number of nitrogens with two attached hydrogens (primary N) is 1. The van der Waals surface area contributed by atoms with Crippen LogP contribution in [0.15, 0.2) is 22.2 Å². The first-order valence-electron chi connectivity index (χ1n) is 3.60. The monoisotopic (exact) mass is 265 g/mol. The highest BCUT2D eigenvalue weighted by Crippen LogP contribution is 2.32. The molecule has 2 N–H and O–H groups in total. The average Bonchev–Trinajstić information content (AvgIpc) is 2.01. The topological polar surface area (TPSA) is 52.3 Å². The van der Waals surface area contributed by atoms with Gasteiger partial charge in [-0.1, -0.05) is 27.5 Å². The Balaban J connectivity index is 2.91.